The van der Waals surface area contributed by atoms with Crippen molar-refractivity contribution in [3.05, 3.63) is 53.1 Å². The molecule has 0 aromatic heterocycles. The number of halogens is 1. The Morgan fingerprint density at radius 3 is 2.47 bits per heavy atom. The highest BCUT2D eigenvalue weighted by molar-refractivity contribution is 7.89. The topological polar surface area (TPSA) is 91.0 Å². The molecule has 176 valence electrons. The summed E-state index contributed by atoms with van der Waals surface area (Å²) in [6.07, 6.45) is 0. The fraction of sp³-hybridized carbons (Fsp3) is 0.409. The normalized spacial score (nSPS) is 11.6. The van der Waals surface area contributed by atoms with Crippen LogP contribution in [0.15, 0.2) is 47.4 Å². The minimum absolute atomic E-state index is 0.0112. The summed E-state index contributed by atoms with van der Waals surface area (Å²) in [6.45, 7) is 4.21. The van der Waals surface area contributed by atoms with E-state index in [2.05, 4.69) is 10.6 Å². The highest BCUT2D eigenvalue weighted by Gasteiger charge is 2.26. The number of urea groups is 1. The van der Waals surface area contributed by atoms with Gasteiger partial charge in [0.25, 0.3) is 0 Å². The van der Waals surface area contributed by atoms with E-state index < -0.39 is 10.0 Å². The molecule has 0 spiro atoms. The molecule has 2 aromatic rings. The third-order valence-electron chi connectivity index (χ3n) is 4.56. The maximum Gasteiger partial charge on any atom is 0.319 e. The Morgan fingerprint density at radius 2 is 1.88 bits per heavy atom. The highest BCUT2D eigenvalue weighted by Crippen LogP contribution is 2.27. The first kappa shape index (κ1) is 25.9. The number of carbonyl (C=O) groups is 1. The van der Waals surface area contributed by atoms with Gasteiger partial charge in [0.2, 0.25) is 10.0 Å². The molecule has 0 radical (unpaired) electrons. The van der Waals surface area contributed by atoms with Crippen LogP contribution >= 0.6 is 11.6 Å². The molecule has 0 saturated heterocycles. The number of carbonyl (C=O) groups excluding carboxylic acids is 1. The molecule has 2 rings (SSSR count). The lowest BCUT2D eigenvalue weighted by atomic mass is 10.1. The van der Waals surface area contributed by atoms with Crippen molar-refractivity contribution >= 4 is 39.0 Å². The monoisotopic (exact) mass is 482 g/mol. The molecule has 10 heteroatoms. The highest BCUT2D eigenvalue weighted by atomic mass is 35.5. The van der Waals surface area contributed by atoms with Crippen molar-refractivity contribution < 1.29 is 17.9 Å². The van der Waals surface area contributed by atoms with Crippen LogP contribution in [0, 0.1) is 0 Å². The minimum Gasteiger partial charge on any atom is -0.383 e. The summed E-state index contributed by atoms with van der Waals surface area (Å²) in [5.74, 6) is 0. The van der Waals surface area contributed by atoms with Gasteiger partial charge in [0, 0.05) is 56.7 Å². The first-order chi connectivity index (χ1) is 15.0. The van der Waals surface area contributed by atoms with E-state index in [0.29, 0.717) is 10.7 Å². The Bertz CT molecular complexity index is 1030. The zero-order valence-electron chi connectivity index (χ0n) is 19.1. The van der Waals surface area contributed by atoms with Crippen molar-refractivity contribution in [1.82, 2.24) is 9.62 Å². The molecule has 0 atom stereocenters. The summed E-state index contributed by atoms with van der Waals surface area (Å²) < 4.78 is 33.3. The second-order valence-corrected chi connectivity index (χ2v) is 10.2. The Balaban J connectivity index is 2.42. The molecule has 0 fully saturated rings. The number of nitrogens with one attached hydrogen (secondary N) is 2. The van der Waals surface area contributed by atoms with E-state index in [4.69, 9.17) is 16.3 Å². The van der Waals surface area contributed by atoms with Gasteiger partial charge in [-0.15, -0.1) is 0 Å². The molecule has 0 aliphatic carbocycles. The summed E-state index contributed by atoms with van der Waals surface area (Å²) in [5.41, 5.74) is 2.14. The fourth-order valence-electron chi connectivity index (χ4n) is 3.10. The third kappa shape index (κ3) is 7.09. The van der Waals surface area contributed by atoms with Crippen molar-refractivity contribution in [2.75, 3.05) is 44.6 Å². The van der Waals surface area contributed by atoms with Gasteiger partial charge in [-0.3, -0.25) is 0 Å². The van der Waals surface area contributed by atoms with E-state index in [1.807, 2.05) is 38.9 Å². The number of amides is 2. The fourth-order valence-corrected chi connectivity index (χ4v) is 4.80. The van der Waals surface area contributed by atoms with Gasteiger partial charge in [-0.1, -0.05) is 17.7 Å². The summed E-state index contributed by atoms with van der Waals surface area (Å²) in [6, 6.07) is 11.2. The lowest BCUT2D eigenvalue weighted by molar-refractivity contribution is 0.177. The quantitative estimate of drug-likeness (QED) is 0.538. The van der Waals surface area contributed by atoms with Crippen LogP contribution in [-0.2, 0) is 21.3 Å². The average Bonchev–Trinajstić information content (AvgIpc) is 2.70. The molecule has 2 aromatic carbocycles. The molecule has 0 heterocycles. The van der Waals surface area contributed by atoms with E-state index in [9.17, 15) is 13.2 Å². The van der Waals surface area contributed by atoms with Gasteiger partial charge in [-0.25, -0.2) is 13.2 Å². The third-order valence-corrected chi connectivity index (χ3v) is 6.64. The molecule has 32 heavy (non-hydrogen) atoms. The van der Waals surface area contributed by atoms with Crippen LogP contribution in [0.5, 0.6) is 0 Å². The molecule has 2 N–H and O–H groups in total. The Labute approximate surface area is 195 Å². The minimum atomic E-state index is -3.84. The predicted octanol–water partition coefficient (Wildman–Crippen LogP) is 3.77. The van der Waals surface area contributed by atoms with Gasteiger partial charge < -0.3 is 20.3 Å². The van der Waals surface area contributed by atoms with Gasteiger partial charge in [0.05, 0.1) is 11.5 Å². The number of methoxy groups -OCH3 is 1. The van der Waals surface area contributed by atoms with Crippen LogP contribution in [-0.4, -0.2) is 59.2 Å². The molecule has 0 aliphatic rings. The summed E-state index contributed by atoms with van der Waals surface area (Å²) >= 11 is 6.03. The van der Waals surface area contributed by atoms with E-state index in [1.54, 1.807) is 24.3 Å². The van der Waals surface area contributed by atoms with E-state index in [1.165, 1.54) is 23.5 Å². The molecule has 0 saturated carbocycles. The number of anilines is 2. The predicted molar refractivity (Wildman–Crippen MR) is 129 cm³/mol. The number of hydrogen-bond donors (Lipinski definition) is 2. The Hall–Kier alpha value is -2.33. The SMILES string of the molecule is COCCN(Cc1cc(NC(=O)NC(C)C)ccc1N(C)C)S(=O)(=O)c1cccc(Cl)c1. The molecule has 0 bridgehead atoms. The van der Waals surface area contributed by atoms with E-state index in [0.717, 1.165) is 11.3 Å². The standard InChI is InChI=1S/C22H31ClN4O4S/c1-16(2)24-22(28)25-19-9-10-21(26(3)4)17(13-19)15-27(11-12-31-5)32(29,30)20-8-6-7-18(23)14-20/h6-10,13-14,16H,11-12,15H2,1-5H3,(H2,24,25,28). The maximum atomic E-state index is 13.4. The second-order valence-electron chi connectivity index (χ2n) is 7.78. The largest absolute Gasteiger partial charge is 0.383 e. The van der Waals surface area contributed by atoms with E-state index in [-0.39, 0.29) is 36.7 Å². The maximum absolute atomic E-state index is 13.4. The van der Waals surface area contributed by atoms with Crippen LogP contribution in [0.3, 0.4) is 0 Å². The van der Waals surface area contributed by atoms with Crippen LogP contribution in [0.25, 0.3) is 0 Å². The second kappa shape index (κ2) is 11.5. The summed E-state index contributed by atoms with van der Waals surface area (Å²) in [7, 11) is 1.44. The van der Waals surface area contributed by atoms with Gasteiger partial charge in [-0.2, -0.15) is 4.31 Å². The summed E-state index contributed by atoms with van der Waals surface area (Å²) in [4.78, 5) is 14.1. The first-order valence-electron chi connectivity index (χ1n) is 10.2. The number of ether oxygens (including phenoxy) is 1. The number of sulfonamides is 1. The lowest BCUT2D eigenvalue weighted by Crippen LogP contribution is -2.35. The van der Waals surface area contributed by atoms with Gasteiger partial charge >= 0.3 is 6.03 Å². The van der Waals surface area contributed by atoms with Crippen LogP contribution in [0.4, 0.5) is 16.2 Å². The van der Waals surface area contributed by atoms with Crippen molar-refractivity contribution in [3.63, 3.8) is 0 Å². The van der Waals surface area contributed by atoms with Crippen molar-refractivity contribution in [1.29, 1.82) is 0 Å². The number of hydrogen-bond acceptors (Lipinski definition) is 5. The van der Waals surface area contributed by atoms with Crippen molar-refractivity contribution in [2.45, 2.75) is 31.3 Å². The molecular weight excluding hydrogens is 452 g/mol. The van der Waals surface area contributed by atoms with Crippen molar-refractivity contribution in [3.8, 4) is 0 Å². The van der Waals surface area contributed by atoms with Gasteiger partial charge in [-0.05, 0) is 55.8 Å². The smallest absolute Gasteiger partial charge is 0.319 e. The van der Waals surface area contributed by atoms with Gasteiger partial charge in [0.1, 0.15) is 0 Å². The van der Waals surface area contributed by atoms with Crippen molar-refractivity contribution in [2.24, 2.45) is 0 Å². The first-order valence-corrected chi connectivity index (χ1v) is 12.0. The number of nitrogens with zero attached hydrogens (tertiary/aromatic N) is 2. The van der Waals surface area contributed by atoms with Gasteiger partial charge in [0.15, 0.2) is 0 Å². The zero-order valence-corrected chi connectivity index (χ0v) is 20.6. The zero-order chi connectivity index (χ0) is 23.9. The molecule has 2 amide bonds. The van der Waals surface area contributed by atoms with E-state index >= 15 is 0 Å². The summed E-state index contributed by atoms with van der Waals surface area (Å²) in [5, 5.41) is 5.91. The van der Waals surface area contributed by atoms with Crippen LogP contribution in [0.2, 0.25) is 5.02 Å². The molecule has 0 unspecified atom stereocenters. The number of rotatable bonds is 10. The average molecular weight is 483 g/mol. The molecular formula is C22H31ClN4O4S. The van der Waals surface area contributed by atoms with Crippen LogP contribution in [0.1, 0.15) is 19.4 Å². The molecule has 8 nitrogen and oxygen atoms in total. The Kier molecular flexibility index (Phi) is 9.33. The Morgan fingerprint density at radius 1 is 1.16 bits per heavy atom. The molecule has 0 aliphatic heterocycles. The number of benzene rings is 2. The lowest BCUT2D eigenvalue weighted by Gasteiger charge is -2.26. The van der Waals surface area contributed by atoms with Crippen LogP contribution < -0.4 is 15.5 Å².